The Morgan fingerprint density at radius 1 is 1.28 bits per heavy atom. The van der Waals surface area contributed by atoms with E-state index >= 15 is 0 Å². The van der Waals surface area contributed by atoms with Gasteiger partial charge in [-0.2, -0.15) is 0 Å². The summed E-state index contributed by atoms with van der Waals surface area (Å²) in [6, 6.07) is 11.2. The van der Waals surface area contributed by atoms with Crippen LogP contribution in [0.4, 0.5) is 0 Å². The van der Waals surface area contributed by atoms with Crippen LogP contribution in [0.5, 0.6) is 0 Å². The van der Waals surface area contributed by atoms with Gasteiger partial charge in [-0.3, -0.25) is 4.90 Å². The van der Waals surface area contributed by atoms with E-state index in [0.29, 0.717) is 18.6 Å². The Balaban J connectivity index is 2.18. The summed E-state index contributed by atoms with van der Waals surface area (Å²) in [5, 5.41) is 9.55. The minimum absolute atomic E-state index is 0.258. The Kier molecular flexibility index (Phi) is 5.17. The van der Waals surface area contributed by atoms with Gasteiger partial charge in [0.2, 0.25) is 0 Å². The number of aliphatic hydroxyl groups is 1. The van der Waals surface area contributed by atoms with E-state index in [2.05, 4.69) is 29.2 Å². The van der Waals surface area contributed by atoms with Crippen molar-refractivity contribution < 1.29 is 5.11 Å². The van der Waals surface area contributed by atoms with Gasteiger partial charge in [0, 0.05) is 12.1 Å². The molecule has 0 bridgehead atoms. The lowest BCUT2D eigenvalue weighted by molar-refractivity contribution is 0.0498. The topological polar surface area (TPSA) is 49.5 Å². The second kappa shape index (κ2) is 6.88. The summed E-state index contributed by atoms with van der Waals surface area (Å²) in [7, 11) is 0. The monoisotopic (exact) mass is 248 g/mol. The van der Waals surface area contributed by atoms with Gasteiger partial charge in [0.25, 0.3) is 0 Å². The molecule has 2 atom stereocenters. The number of nitrogens with two attached hydrogens (primary N) is 1. The molecule has 1 heterocycles. The van der Waals surface area contributed by atoms with Gasteiger partial charge < -0.3 is 10.8 Å². The molecule has 2 unspecified atom stereocenters. The summed E-state index contributed by atoms with van der Waals surface area (Å²) in [5.74, 6) is 0. The number of piperidine rings is 1. The van der Waals surface area contributed by atoms with Crippen molar-refractivity contribution in [2.45, 2.75) is 37.8 Å². The van der Waals surface area contributed by atoms with Crippen LogP contribution >= 0.6 is 0 Å². The normalized spacial score (nSPS) is 22.9. The molecule has 18 heavy (non-hydrogen) atoms. The molecule has 1 aromatic rings. The highest BCUT2D eigenvalue weighted by Gasteiger charge is 2.28. The molecule has 3 N–H and O–H groups in total. The molecule has 2 rings (SSSR count). The third-order valence-corrected chi connectivity index (χ3v) is 3.91. The van der Waals surface area contributed by atoms with Crippen LogP contribution in [0.2, 0.25) is 0 Å². The third kappa shape index (κ3) is 3.10. The number of hydrogen-bond donors (Lipinski definition) is 2. The first-order valence-corrected chi connectivity index (χ1v) is 6.98. The maximum atomic E-state index is 9.55. The van der Waals surface area contributed by atoms with Crippen LogP contribution in [0.3, 0.4) is 0 Å². The SMILES string of the molecule is NCCC(c1ccccc1)N1CCCCC1CO. The molecule has 3 nitrogen and oxygen atoms in total. The zero-order valence-electron chi connectivity index (χ0n) is 11.0. The smallest absolute Gasteiger partial charge is 0.0587 e. The van der Waals surface area contributed by atoms with E-state index in [1.807, 2.05) is 6.07 Å². The average Bonchev–Trinajstić information content (AvgIpc) is 2.46. The van der Waals surface area contributed by atoms with Crippen LogP contribution in [0.25, 0.3) is 0 Å². The van der Waals surface area contributed by atoms with Crippen LogP contribution in [-0.2, 0) is 0 Å². The van der Waals surface area contributed by atoms with Gasteiger partial charge in [0.05, 0.1) is 6.61 Å². The number of aliphatic hydroxyl groups excluding tert-OH is 1. The van der Waals surface area contributed by atoms with E-state index in [1.54, 1.807) is 0 Å². The lowest BCUT2D eigenvalue weighted by Crippen LogP contribution is -2.44. The molecule has 0 aromatic heterocycles. The summed E-state index contributed by atoms with van der Waals surface area (Å²) < 4.78 is 0. The molecule has 1 saturated heterocycles. The Bertz CT molecular complexity index is 342. The van der Waals surface area contributed by atoms with Crippen molar-refractivity contribution in [2.24, 2.45) is 5.73 Å². The van der Waals surface area contributed by atoms with Gasteiger partial charge in [-0.15, -0.1) is 0 Å². The fraction of sp³-hybridized carbons (Fsp3) is 0.600. The average molecular weight is 248 g/mol. The summed E-state index contributed by atoms with van der Waals surface area (Å²) in [6.07, 6.45) is 4.52. The van der Waals surface area contributed by atoms with Crippen LogP contribution < -0.4 is 5.73 Å². The van der Waals surface area contributed by atoms with E-state index in [-0.39, 0.29) is 6.61 Å². The Morgan fingerprint density at radius 2 is 2.06 bits per heavy atom. The first-order valence-electron chi connectivity index (χ1n) is 6.98. The zero-order chi connectivity index (χ0) is 12.8. The van der Waals surface area contributed by atoms with Gasteiger partial charge in [-0.25, -0.2) is 0 Å². The molecule has 1 aliphatic rings. The molecule has 1 aromatic carbocycles. The predicted octanol–water partition coefficient (Wildman–Crippen LogP) is 1.92. The summed E-state index contributed by atoms with van der Waals surface area (Å²) >= 11 is 0. The molecule has 0 aliphatic carbocycles. The first-order chi connectivity index (χ1) is 8.86. The van der Waals surface area contributed by atoms with Crippen LogP contribution in [-0.4, -0.2) is 35.7 Å². The van der Waals surface area contributed by atoms with Crippen LogP contribution in [0.1, 0.15) is 37.3 Å². The second-order valence-electron chi connectivity index (χ2n) is 5.07. The Hall–Kier alpha value is -0.900. The summed E-state index contributed by atoms with van der Waals surface area (Å²) in [4.78, 5) is 2.45. The number of likely N-dealkylation sites (tertiary alicyclic amines) is 1. The van der Waals surface area contributed by atoms with Gasteiger partial charge in [-0.1, -0.05) is 36.8 Å². The van der Waals surface area contributed by atoms with Crippen molar-refractivity contribution in [3.05, 3.63) is 35.9 Å². The van der Waals surface area contributed by atoms with Crippen LogP contribution in [0.15, 0.2) is 30.3 Å². The standard InChI is InChI=1S/C15H24N2O/c16-10-9-15(13-6-2-1-3-7-13)17-11-5-4-8-14(17)12-18/h1-3,6-7,14-15,18H,4-5,8-12,16H2. The molecule has 100 valence electrons. The number of nitrogens with zero attached hydrogens (tertiary/aromatic N) is 1. The lowest BCUT2D eigenvalue weighted by atomic mass is 9.95. The molecular weight excluding hydrogens is 224 g/mol. The first kappa shape index (κ1) is 13.5. The van der Waals surface area contributed by atoms with E-state index in [9.17, 15) is 5.11 Å². The quantitative estimate of drug-likeness (QED) is 0.837. The lowest BCUT2D eigenvalue weighted by Gasteiger charge is -2.40. The highest BCUT2D eigenvalue weighted by atomic mass is 16.3. The van der Waals surface area contributed by atoms with Gasteiger partial charge in [0.15, 0.2) is 0 Å². The van der Waals surface area contributed by atoms with Crippen molar-refractivity contribution in [3.63, 3.8) is 0 Å². The molecule has 0 saturated carbocycles. The largest absolute Gasteiger partial charge is 0.395 e. The molecule has 0 radical (unpaired) electrons. The highest BCUT2D eigenvalue weighted by Crippen LogP contribution is 2.30. The molecule has 1 fully saturated rings. The molecule has 0 amide bonds. The molecule has 1 aliphatic heterocycles. The number of benzene rings is 1. The summed E-state index contributed by atoms with van der Waals surface area (Å²) in [5.41, 5.74) is 7.09. The highest BCUT2D eigenvalue weighted by molar-refractivity contribution is 5.19. The minimum Gasteiger partial charge on any atom is -0.395 e. The minimum atomic E-state index is 0.258. The number of hydrogen-bond acceptors (Lipinski definition) is 3. The molecule has 0 spiro atoms. The van der Waals surface area contributed by atoms with Gasteiger partial charge >= 0.3 is 0 Å². The predicted molar refractivity (Wildman–Crippen MR) is 74.3 cm³/mol. The van der Waals surface area contributed by atoms with Gasteiger partial charge in [-0.05, 0) is 37.9 Å². The summed E-state index contributed by atoms with van der Waals surface area (Å²) in [6.45, 7) is 2.02. The van der Waals surface area contributed by atoms with Crippen molar-refractivity contribution in [2.75, 3.05) is 19.7 Å². The van der Waals surface area contributed by atoms with Crippen molar-refractivity contribution in [1.29, 1.82) is 0 Å². The van der Waals surface area contributed by atoms with E-state index in [1.165, 1.54) is 18.4 Å². The number of rotatable bonds is 5. The van der Waals surface area contributed by atoms with Crippen molar-refractivity contribution in [1.82, 2.24) is 4.90 Å². The van der Waals surface area contributed by atoms with Crippen LogP contribution in [0, 0.1) is 0 Å². The van der Waals surface area contributed by atoms with E-state index in [0.717, 1.165) is 19.4 Å². The Labute approximate surface area is 110 Å². The fourth-order valence-corrected chi connectivity index (χ4v) is 2.99. The zero-order valence-corrected chi connectivity index (χ0v) is 11.0. The van der Waals surface area contributed by atoms with E-state index < -0.39 is 0 Å². The van der Waals surface area contributed by atoms with Gasteiger partial charge in [0.1, 0.15) is 0 Å². The molecular formula is C15H24N2O. The fourth-order valence-electron chi connectivity index (χ4n) is 2.99. The van der Waals surface area contributed by atoms with E-state index in [4.69, 9.17) is 5.73 Å². The maximum absolute atomic E-state index is 9.55. The van der Waals surface area contributed by atoms with Crippen molar-refractivity contribution in [3.8, 4) is 0 Å². The molecule has 3 heteroatoms. The maximum Gasteiger partial charge on any atom is 0.0587 e. The second-order valence-corrected chi connectivity index (χ2v) is 5.07. The third-order valence-electron chi connectivity index (χ3n) is 3.91. The van der Waals surface area contributed by atoms with Crippen molar-refractivity contribution >= 4 is 0 Å². The Morgan fingerprint density at radius 3 is 2.72 bits per heavy atom.